The molecule has 0 spiro atoms. The number of piperazine rings is 1. The lowest BCUT2D eigenvalue weighted by Crippen LogP contribution is -2.58. The number of carbonyl (C=O) groups excluding carboxylic acids is 1. The molecule has 0 N–H and O–H groups in total. The first-order valence-electron chi connectivity index (χ1n) is 10.3. The van der Waals surface area contributed by atoms with E-state index in [1.165, 1.54) is 64.2 Å². The Morgan fingerprint density at radius 2 is 1.30 bits per heavy atom. The van der Waals surface area contributed by atoms with Gasteiger partial charge in [0.05, 0.1) is 5.41 Å². The van der Waals surface area contributed by atoms with Crippen LogP contribution in [0, 0.1) is 23.2 Å². The Balaban J connectivity index is 1.25. The molecule has 6 aliphatic rings. The van der Waals surface area contributed by atoms with Gasteiger partial charge in [0, 0.05) is 32.2 Å². The standard InChI is InChI=1S/C20H32N2O/c23-19(20-12-15-9-16(13-20)11-17(10-15)14-20)22-7-5-21(6-8-22)18-3-1-2-4-18/h15-18H,1-14H2. The normalized spacial score (nSPS) is 44.2. The van der Waals surface area contributed by atoms with E-state index in [2.05, 4.69) is 9.80 Å². The van der Waals surface area contributed by atoms with Gasteiger partial charge in [-0.2, -0.15) is 0 Å². The number of amides is 1. The summed E-state index contributed by atoms with van der Waals surface area (Å²) in [7, 11) is 0. The van der Waals surface area contributed by atoms with Gasteiger partial charge in [-0.25, -0.2) is 0 Å². The second-order valence-corrected chi connectivity index (χ2v) is 9.46. The highest BCUT2D eigenvalue weighted by Crippen LogP contribution is 2.60. The molecule has 4 bridgehead atoms. The van der Waals surface area contributed by atoms with Crippen molar-refractivity contribution in [2.75, 3.05) is 26.2 Å². The fraction of sp³-hybridized carbons (Fsp3) is 0.950. The smallest absolute Gasteiger partial charge is 0.228 e. The van der Waals surface area contributed by atoms with Crippen LogP contribution in [0.4, 0.5) is 0 Å². The van der Waals surface area contributed by atoms with E-state index in [1.54, 1.807) is 0 Å². The summed E-state index contributed by atoms with van der Waals surface area (Å²) in [6.45, 7) is 4.25. The minimum absolute atomic E-state index is 0.0737. The van der Waals surface area contributed by atoms with Crippen LogP contribution >= 0.6 is 0 Å². The minimum atomic E-state index is 0.0737. The van der Waals surface area contributed by atoms with Gasteiger partial charge in [0.1, 0.15) is 0 Å². The largest absolute Gasteiger partial charge is 0.340 e. The highest BCUT2D eigenvalue weighted by Gasteiger charge is 2.55. The molecule has 0 aromatic rings. The molecule has 1 saturated heterocycles. The van der Waals surface area contributed by atoms with Crippen LogP contribution in [0.15, 0.2) is 0 Å². The van der Waals surface area contributed by atoms with Crippen LogP contribution in [0.3, 0.4) is 0 Å². The van der Waals surface area contributed by atoms with E-state index < -0.39 is 0 Å². The van der Waals surface area contributed by atoms with Crippen LogP contribution in [0.2, 0.25) is 0 Å². The van der Waals surface area contributed by atoms with E-state index in [-0.39, 0.29) is 5.41 Å². The predicted molar refractivity (Wildman–Crippen MR) is 91.0 cm³/mol. The summed E-state index contributed by atoms with van der Waals surface area (Å²) in [4.78, 5) is 18.3. The van der Waals surface area contributed by atoms with Crippen molar-refractivity contribution in [2.45, 2.75) is 70.3 Å². The van der Waals surface area contributed by atoms with E-state index in [1.807, 2.05) is 0 Å². The quantitative estimate of drug-likeness (QED) is 0.780. The molecule has 3 heteroatoms. The Labute approximate surface area is 140 Å². The maximum Gasteiger partial charge on any atom is 0.228 e. The van der Waals surface area contributed by atoms with Crippen molar-refractivity contribution in [2.24, 2.45) is 23.2 Å². The first-order chi connectivity index (χ1) is 11.2. The lowest BCUT2D eigenvalue weighted by molar-refractivity contribution is -0.159. The van der Waals surface area contributed by atoms with E-state index in [0.717, 1.165) is 50.0 Å². The summed E-state index contributed by atoms with van der Waals surface area (Å²) in [6.07, 6.45) is 13.6. The fourth-order valence-electron chi connectivity index (χ4n) is 7.27. The van der Waals surface area contributed by atoms with Crippen molar-refractivity contribution in [3.05, 3.63) is 0 Å². The number of nitrogens with zero attached hydrogens (tertiary/aromatic N) is 2. The third kappa shape index (κ3) is 2.45. The first-order valence-corrected chi connectivity index (χ1v) is 10.3. The topological polar surface area (TPSA) is 23.6 Å². The van der Waals surface area contributed by atoms with E-state index in [4.69, 9.17) is 0 Å². The van der Waals surface area contributed by atoms with Crippen LogP contribution in [-0.4, -0.2) is 47.9 Å². The second kappa shape index (κ2) is 5.47. The molecule has 0 aromatic heterocycles. The molecule has 1 amide bonds. The van der Waals surface area contributed by atoms with Crippen molar-refractivity contribution >= 4 is 5.91 Å². The van der Waals surface area contributed by atoms with Crippen LogP contribution in [0.1, 0.15) is 64.2 Å². The third-order valence-electron chi connectivity index (χ3n) is 7.93. The van der Waals surface area contributed by atoms with Crippen molar-refractivity contribution in [1.82, 2.24) is 9.80 Å². The highest BCUT2D eigenvalue weighted by atomic mass is 16.2. The number of rotatable bonds is 2. The summed E-state index contributed by atoms with van der Waals surface area (Å²) >= 11 is 0. The van der Waals surface area contributed by atoms with Crippen molar-refractivity contribution in [1.29, 1.82) is 0 Å². The zero-order chi connectivity index (χ0) is 15.4. The predicted octanol–water partition coefficient (Wildman–Crippen LogP) is 3.29. The molecule has 1 aliphatic heterocycles. The highest BCUT2D eigenvalue weighted by molar-refractivity contribution is 5.83. The summed E-state index contributed by atoms with van der Waals surface area (Å²) < 4.78 is 0. The van der Waals surface area contributed by atoms with E-state index in [9.17, 15) is 4.79 Å². The monoisotopic (exact) mass is 316 g/mol. The number of hydrogen-bond acceptors (Lipinski definition) is 2. The number of carbonyl (C=O) groups is 1. The third-order valence-corrected chi connectivity index (χ3v) is 7.93. The molecule has 23 heavy (non-hydrogen) atoms. The minimum Gasteiger partial charge on any atom is -0.340 e. The molecule has 0 radical (unpaired) electrons. The lowest BCUT2D eigenvalue weighted by Gasteiger charge is -2.57. The maximum atomic E-state index is 13.4. The van der Waals surface area contributed by atoms with Crippen molar-refractivity contribution in [3.8, 4) is 0 Å². The Hall–Kier alpha value is -0.570. The van der Waals surface area contributed by atoms with Gasteiger partial charge in [-0.05, 0) is 69.1 Å². The summed E-state index contributed by atoms with van der Waals surface area (Å²) in [5.41, 5.74) is 0.0737. The molecule has 0 aromatic carbocycles. The molecular weight excluding hydrogens is 284 g/mol. The van der Waals surface area contributed by atoms with Gasteiger partial charge in [0.25, 0.3) is 0 Å². The Morgan fingerprint density at radius 3 is 1.83 bits per heavy atom. The summed E-state index contributed by atoms with van der Waals surface area (Å²) in [5, 5.41) is 0. The van der Waals surface area contributed by atoms with Gasteiger partial charge in [0.2, 0.25) is 5.91 Å². The Morgan fingerprint density at radius 1 is 0.783 bits per heavy atom. The lowest BCUT2D eigenvalue weighted by atomic mass is 9.49. The average Bonchev–Trinajstić information content (AvgIpc) is 3.07. The molecule has 1 heterocycles. The van der Waals surface area contributed by atoms with Crippen LogP contribution in [0.25, 0.3) is 0 Å². The molecule has 3 nitrogen and oxygen atoms in total. The van der Waals surface area contributed by atoms with Crippen LogP contribution < -0.4 is 0 Å². The van der Waals surface area contributed by atoms with Crippen LogP contribution in [-0.2, 0) is 4.79 Å². The maximum absolute atomic E-state index is 13.4. The van der Waals surface area contributed by atoms with Gasteiger partial charge >= 0.3 is 0 Å². The molecule has 6 rings (SSSR count). The van der Waals surface area contributed by atoms with Gasteiger partial charge in [0.15, 0.2) is 0 Å². The van der Waals surface area contributed by atoms with E-state index in [0.29, 0.717) is 5.91 Å². The summed E-state index contributed by atoms with van der Waals surface area (Å²) in [6, 6.07) is 0.826. The van der Waals surface area contributed by atoms with Crippen molar-refractivity contribution in [3.63, 3.8) is 0 Å². The second-order valence-electron chi connectivity index (χ2n) is 9.46. The fourth-order valence-corrected chi connectivity index (χ4v) is 7.27. The zero-order valence-corrected chi connectivity index (χ0v) is 14.5. The van der Waals surface area contributed by atoms with Crippen LogP contribution in [0.5, 0.6) is 0 Å². The SMILES string of the molecule is O=C(N1CCN(C2CCCC2)CC1)C12CC3CC(CC(C3)C1)C2. The first kappa shape index (κ1) is 14.7. The average molecular weight is 316 g/mol. The Bertz CT molecular complexity index is 439. The molecule has 5 aliphatic carbocycles. The zero-order valence-electron chi connectivity index (χ0n) is 14.5. The van der Waals surface area contributed by atoms with Gasteiger partial charge in [-0.3, -0.25) is 9.69 Å². The van der Waals surface area contributed by atoms with Gasteiger partial charge < -0.3 is 4.90 Å². The summed E-state index contributed by atoms with van der Waals surface area (Å²) in [5.74, 6) is 3.20. The molecule has 128 valence electrons. The molecular formula is C20H32N2O. The molecule has 5 saturated carbocycles. The van der Waals surface area contributed by atoms with E-state index >= 15 is 0 Å². The molecule has 0 unspecified atom stereocenters. The Kier molecular flexibility index (Phi) is 3.51. The number of hydrogen-bond donors (Lipinski definition) is 0. The molecule has 6 fully saturated rings. The van der Waals surface area contributed by atoms with Gasteiger partial charge in [-0.15, -0.1) is 0 Å². The van der Waals surface area contributed by atoms with Gasteiger partial charge in [-0.1, -0.05) is 12.8 Å². The van der Waals surface area contributed by atoms with Crippen molar-refractivity contribution < 1.29 is 4.79 Å². The molecule has 0 atom stereocenters.